The Labute approximate surface area is 154 Å². The van der Waals surface area contributed by atoms with E-state index >= 15 is 0 Å². The van der Waals surface area contributed by atoms with Gasteiger partial charge in [-0.05, 0) is 28.3 Å². The maximum Gasteiger partial charge on any atom is 0.413 e. The van der Waals surface area contributed by atoms with E-state index in [1.807, 2.05) is 54.6 Å². The van der Waals surface area contributed by atoms with E-state index in [0.29, 0.717) is 0 Å². The Morgan fingerprint density at radius 1 is 0.808 bits per heavy atom. The first-order valence-corrected chi connectivity index (χ1v) is 8.43. The van der Waals surface area contributed by atoms with E-state index in [-0.39, 0.29) is 0 Å². The number of methoxy groups -OCH3 is 1. The molecular weight excluding hydrogens is 322 g/mol. The minimum absolute atomic E-state index is 0.391. The van der Waals surface area contributed by atoms with Crippen LogP contribution >= 0.6 is 0 Å². The molecule has 130 valence electrons. The summed E-state index contributed by atoms with van der Waals surface area (Å²) in [6.45, 7) is 0. The smallest absolute Gasteiger partial charge is 0.413 e. The molecule has 0 aromatic heterocycles. The summed E-state index contributed by atoms with van der Waals surface area (Å²) in [7, 11) is 3.08. The van der Waals surface area contributed by atoms with Crippen LogP contribution in [0.5, 0.6) is 0 Å². The Morgan fingerprint density at radius 2 is 1.42 bits per heavy atom. The number of carbonyl (C=O) groups is 1. The fourth-order valence-corrected chi connectivity index (χ4v) is 2.77. The Hall–Kier alpha value is -3.33. The molecule has 0 aliphatic heterocycles. The van der Waals surface area contributed by atoms with Crippen LogP contribution in [0.4, 0.5) is 10.5 Å². The second-order valence-electron chi connectivity index (χ2n) is 5.91. The number of amides is 1. The molecule has 3 aromatic carbocycles. The molecule has 0 saturated heterocycles. The maximum absolute atomic E-state index is 11.8. The SMILES string of the molecule is COC(=O)N(C)c1ccccc1/C=C/c1ccc(-c2ccccc2)cc1. The Balaban J connectivity index is 1.81. The summed E-state index contributed by atoms with van der Waals surface area (Å²) >= 11 is 0. The number of benzene rings is 3. The van der Waals surface area contributed by atoms with E-state index in [1.165, 1.54) is 23.1 Å². The highest BCUT2D eigenvalue weighted by Gasteiger charge is 2.12. The van der Waals surface area contributed by atoms with Gasteiger partial charge in [-0.1, -0.05) is 84.9 Å². The third kappa shape index (κ3) is 4.01. The molecule has 0 saturated carbocycles. The summed E-state index contributed by atoms with van der Waals surface area (Å²) in [6.07, 6.45) is 3.66. The molecule has 0 aliphatic carbocycles. The molecule has 3 rings (SSSR count). The van der Waals surface area contributed by atoms with Gasteiger partial charge < -0.3 is 4.74 Å². The zero-order valence-electron chi connectivity index (χ0n) is 14.9. The molecule has 0 fully saturated rings. The van der Waals surface area contributed by atoms with Crippen LogP contribution in [0.15, 0.2) is 78.9 Å². The monoisotopic (exact) mass is 343 g/mol. The van der Waals surface area contributed by atoms with E-state index in [0.717, 1.165) is 16.8 Å². The first kappa shape index (κ1) is 17.5. The van der Waals surface area contributed by atoms with Crippen LogP contribution in [0.2, 0.25) is 0 Å². The van der Waals surface area contributed by atoms with E-state index in [4.69, 9.17) is 4.74 Å². The molecule has 0 atom stereocenters. The zero-order valence-corrected chi connectivity index (χ0v) is 14.9. The van der Waals surface area contributed by atoms with Crippen molar-refractivity contribution in [3.8, 4) is 11.1 Å². The number of anilines is 1. The molecule has 0 bridgehead atoms. The van der Waals surface area contributed by atoms with Gasteiger partial charge in [0, 0.05) is 7.05 Å². The number of ether oxygens (including phenoxy) is 1. The summed E-state index contributed by atoms with van der Waals surface area (Å²) in [4.78, 5) is 13.3. The Bertz CT molecular complexity index is 899. The maximum atomic E-state index is 11.8. The number of rotatable bonds is 4. The predicted molar refractivity (Wildman–Crippen MR) is 108 cm³/mol. The summed E-state index contributed by atoms with van der Waals surface area (Å²) in [5.41, 5.74) is 5.24. The predicted octanol–water partition coefficient (Wildman–Crippen LogP) is 5.73. The van der Waals surface area contributed by atoms with Gasteiger partial charge in [0.15, 0.2) is 0 Å². The molecule has 0 unspecified atom stereocenters. The molecule has 1 amide bonds. The summed E-state index contributed by atoms with van der Waals surface area (Å²) in [5.74, 6) is 0. The van der Waals surface area contributed by atoms with Crippen LogP contribution in [-0.4, -0.2) is 20.3 Å². The molecule has 3 heteroatoms. The normalized spacial score (nSPS) is 10.7. The van der Waals surface area contributed by atoms with Gasteiger partial charge in [-0.15, -0.1) is 0 Å². The van der Waals surface area contributed by atoms with Crippen molar-refractivity contribution in [1.82, 2.24) is 0 Å². The standard InChI is InChI=1S/C23H21NO2/c1-24(23(25)26-2)22-11-7-6-10-21(22)17-14-18-12-15-20(16-13-18)19-8-4-3-5-9-19/h3-17H,1-2H3/b17-14+. The van der Waals surface area contributed by atoms with Gasteiger partial charge in [-0.25, -0.2) is 4.79 Å². The van der Waals surface area contributed by atoms with Crippen molar-refractivity contribution in [2.45, 2.75) is 0 Å². The first-order chi connectivity index (χ1) is 12.7. The highest BCUT2D eigenvalue weighted by atomic mass is 16.5. The second kappa shape index (κ2) is 8.17. The van der Waals surface area contributed by atoms with Gasteiger partial charge in [-0.3, -0.25) is 4.90 Å². The fraction of sp³-hybridized carbons (Fsp3) is 0.0870. The van der Waals surface area contributed by atoms with Crippen molar-refractivity contribution in [3.05, 3.63) is 90.0 Å². The molecule has 26 heavy (non-hydrogen) atoms. The Morgan fingerprint density at radius 3 is 2.12 bits per heavy atom. The van der Waals surface area contributed by atoms with Gasteiger partial charge in [0.05, 0.1) is 12.8 Å². The van der Waals surface area contributed by atoms with E-state index in [9.17, 15) is 4.79 Å². The van der Waals surface area contributed by atoms with E-state index in [2.05, 4.69) is 36.4 Å². The summed E-state index contributed by atoms with van der Waals surface area (Å²) in [5, 5.41) is 0. The molecular formula is C23H21NO2. The van der Waals surface area contributed by atoms with Crippen LogP contribution in [0.25, 0.3) is 23.3 Å². The number of hydrogen-bond donors (Lipinski definition) is 0. The summed E-state index contributed by atoms with van der Waals surface area (Å²) < 4.78 is 4.80. The summed E-state index contributed by atoms with van der Waals surface area (Å²) in [6, 6.07) is 26.4. The van der Waals surface area contributed by atoms with Crippen LogP contribution in [-0.2, 0) is 4.74 Å². The van der Waals surface area contributed by atoms with Gasteiger partial charge in [0.1, 0.15) is 0 Å². The topological polar surface area (TPSA) is 29.5 Å². The molecule has 0 aliphatic rings. The van der Waals surface area contributed by atoms with Crippen LogP contribution in [0, 0.1) is 0 Å². The highest BCUT2D eigenvalue weighted by molar-refractivity contribution is 5.91. The quantitative estimate of drug-likeness (QED) is 0.566. The van der Waals surface area contributed by atoms with Gasteiger partial charge in [-0.2, -0.15) is 0 Å². The van der Waals surface area contributed by atoms with Crippen molar-refractivity contribution >= 4 is 23.9 Å². The molecule has 0 N–H and O–H groups in total. The fourth-order valence-electron chi connectivity index (χ4n) is 2.77. The zero-order chi connectivity index (χ0) is 18.4. The third-order valence-electron chi connectivity index (χ3n) is 4.22. The van der Waals surface area contributed by atoms with Crippen molar-refractivity contribution < 1.29 is 9.53 Å². The number of nitrogens with zero attached hydrogens (tertiary/aromatic N) is 1. The van der Waals surface area contributed by atoms with Crippen molar-refractivity contribution in [1.29, 1.82) is 0 Å². The van der Waals surface area contributed by atoms with Crippen molar-refractivity contribution in [3.63, 3.8) is 0 Å². The molecule has 3 nitrogen and oxygen atoms in total. The lowest BCUT2D eigenvalue weighted by Gasteiger charge is -2.17. The van der Waals surface area contributed by atoms with Crippen LogP contribution in [0.1, 0.15) is 11.1 Å². The van der Waals surface area contributed by atoms with Gasteiger partial charge >= 0.3 is 6.09 Å². The molecule has 3 aromatic rings. The minimum Gasteiger partial charge on any atom is -0.452 e. The number of hydrogen-bond acceptors (Lipinski definition) is 2. The van der Waals surface area contributed by atoms with Crippen LogP contribution < -0.4 is 4.90 Å². The molecule has 0 heterocycles. The van der Waals surface area contributed by atoms with E-state index < -0.39 is 6.09 Å². The average molecular weight is 343 g/mol. The average Bonchev–Trinajstić information content (AvgIpc) is 2.72. The lowest BCUT2D eigenvalue weighted by atomic mass is 10.0. The van der Waals surface area contributed by atoms with Crippen molar-refractivity contribution in [2.24, 2.45) is 0 Å². The lowest BCUT2D eigenvalue weighted by molar-refractivity contribution is 0.180. The van der Waals surface area contributed by atoms with Gasteiger partial charge in [0.2, 0.25) is 0 Å². The Kier molecular flexibility index (Phi) is 5.49. The molecule has 0 spiro atoms. The number of para-hydroxylation sites is 1. The van der Waals surface area contributed by atoms with Crippen LogP contribution in [0.3, 0.4) is 0 Å². The van der Waals surface area contributed by atoms with Crippen molar-refractivity contribution in [2.75, 3.05) is 19.1 Å². The van der Waals surface area contributed by atoms with Gasteiger partial charge in [0.25, 0.3) is 0 Å². The second-order valence-corrected chi connectivity index (χ2v) is 5.91. The third-order valence-corrected chi connectivity index (χ3v) is 4.22. The minimum atomic E-state index is -0.391. The number of carbonyl (C=O) groups excluding carboxylic acids is 1. The highest BCUT2D eigenvalue weighted by Crippen LogP contribution is 2.23. The van der Waals surface area contributed by atoms with E-state index in [1.54, 1.807) is 7.05 Å². The largest absolute Gasteiger partial charge is 0.452 e. The first-order valence-electron chi connectivity index (χ1n) is 8.43. The molecule has 0 radical (unpaired) electrons. The lowest BCUT2D eigenvalue weighted by Crippen LogP contribution is -2.26.